The number of carbonyl (C=O) groups excluding carboxylic acids is 3. The van der Waals surface area contributed by atoms with Crippen molar-refractivity contribution in [2.24, 2.45) is 5.92 Å². The second kappa shape index (κ2) is 6.74. The van der Waals surface area contributed by atoms with E-state index in [0.29, 0.717) is 0 Å². The first-order valence-corrected chi connectivity index (χ1v) is 6.46. The first-order chi connectivity index (χ1) is 10.1. The van der Waals surface area contributed by atoms with Gasteiger partial charge in [0.15, 0.2) is 0 Å². The van der Waals surface area contributed by atoms with Crippen LogP contribution in [-0.4, -0.2) is 29.6 Å². The number of hydrogen-bond donors (Lipinski definition) is 0. The van der Waals surface area contributed by atoms with Gasteiger partial charge in [0.25, 0.3) is 0 Å². The number of hydrogen-bond acceptors (Lipinski definition) is 5. The van der Waals surface area contributed by atoms with E-state index in [2.05, 4.69) is 0 Å². The van der Waals surface area contributed by atoms with Gasteiger partial charge in [-0.3, -0.25) is 0 Å². The fraction of sp³-hybridized carbons (Fsp3) is 0.357. The van der Waals surface area contributed by atoms with Crippen molar-refractivity contribution < 1.29 is 29.1 Å². The first kappa shape index (κ1) is 14.8. The first-order valence-electron chi connectivity index (χ1n) is 6.46. The highest BCUT2D eigenvalue weighted by atomic mass is 16.8. The summed E-state index contributed by atoms with van der Waals surface area (Å²) in [5.74, 6) is -2.53. The van der Waals surface area contributed by atoms with Crippen molar-refractivity contribution in [1.82, 2.24) is 5.06 Å². The Morgan fingerprint density at radius 3 is 2.67 bits per heavy atom. The SMILES string of the molecule is [O]C(=O)CCC1CN(C(=O)OCc2ccccc2)OC1=O. The molecule has 0 aromatic heterocycles. The van der Waals surface area contributed by atoms with Gasteiger partial charge < -0.3 is 9.57 Å². The van der Waals surface area contributed by atoms with Crippen molar-refractivity contribution >= 4 is 18.0 Å². The van der Waals surface area contributed by atoms with Crippen LogP contribution >= 0.6 is 0 Å². The second-order valence-corrected chi connectivity index (χ2v) is 4.62. The second-order valence-electron chi connectivity index (χ2n) is 4.62. The van der Waals surface area contributed by atoms with Gasteiger partial charge in [0, 0.05) is 0 Å². The van der Waals surface area contributed by atoms with E-state index in [4.69, 9.17) is 9.57 Å². The van der Waals surface area contributed by atoms with Crippen LogP contribution in [-0.2, 0) is 30.9 Å². The van der Waals surface area contributed by atoms with Gasteiger partial charge in [-0.1, -0.05) is 30.3 Å². The largest absolute Gasteiger partial charge is 0.443 e. The molecule has 1 aromatic carbocycles. The van der Waals surface area contributed by atoms with Crippen LogP contribution in [0.5, 0.6) is 0 Å². The molecule has 7 heteroatoms. The average molecular weight is 292 g/mol. The van der Waals surface area contributed by atoms with Crippen molar-refractivity contribution in [2.45, 2.75) is 19.4 Å². The Kier molecular flexibility index (Phi) is 4.76. The zero-order valence-electron chi connectivity index (χ0n) is 11.2. The molecule has 1 radical (unpaired) electrons. The topological polar surface area (TPSA) is 92.8 Å². The number of hydroxylamine groups is 2. The van der Waals surface area contributed by atoms with E-state index in [-0.39, 0.29) is 26.0 Å². The fourth-order valence-corrected chi connectivity index (χ4v) is 1.90. The Bertz CT molecular complexity index is 530. The summed E-state index contributed by atoms with van der Waals surface area (Å²) in [4.78, 5) is 38.4. The van der Waals surface area contributed by atoms with Crippen LogP contribution in [0.3, 0.4) is 0 Å². The third-order valence-electron chi connectivity index (χ3n) is 3.03. The van der Waals surface area contributed by atoms with E-state index in [9.17, 15) is 19.5 Å². The molecule has 1 fully saturated rings. The third-order valence-corrected chi connectivity index (χ3v) is 3.03. The lowest BCUT2D eigenvalue weighted by atomic mass is 10.0. The van der Waals surface area contributed by atoms with Crippen LogP contribution in [0.4, 0.5) is 4.79 Å². The summed E-state index contributed by atoms with van der Waals surface area (Å²) in [6.07, 6.45) is -0.959. The molecule has 1 heterocycles. The lowest BCUT2D eigenvalue weighted by Gasteiger charge is -2.13. The summed E-state index contributed by atoms with van der Waals surface area (Å²) in [6, 6.07) is 9.07. The molecule has 0 N–H and O–H groups in total. The molecule has 1 amide bonds. The van der Waals surface area contributed by atoms with Crippen molar-refractivity contribution in [3.63, 3.8) is 0 Å². The number of ether oxygens (including phenoxy) is 1. The third kappa shape index (κ3) is 4.20. The van der Waals surface area contributed by atoms with Crippen LogP contribution in [0.1, 0.15) is 18.4 Å². The molecule has 1 atom stereocenters. The molecule has 2 rings (SSSR count). The van der Waals surface area contributed by atoms with E-state index in [1.54, 1.807) is 12.1 Å². The summed E-state index contributed by atoms with van der Waals surface area (Å²) < 4.78 is 5.02. The smallest absolute Gasteiger partial charge is 0.442 e. The average Bonchev–Trinajstić information content (AvgIpc) is 2.85. The molecule has 1 aliphatic heterocycles. The number of rotatable bonds is 5. The number of amides is 1. The predicted molar refractivity (Wildman–Crippen MR) is 67.8 cm³/mol. The van der Waals surface area contributed by atoms with Crippen LogP contribution in [0.25, 0.3) is 0 Å². The molecule has 0 bridgehead atoms. The minimum absolute atomic E-state index is 0.0142. The maximum atomic E-state index is 11.7. The highest BCUT2D eigenvalue weighted by Crippen LogP contribution is 2.20. The van der Waals surface area contributed by atoms with Crippen molar-refractivity contribution in [1.29, 1.82) is 0 Å². The Balaban J connectivity index is 1.81. The van der Waals surface area contributed by atoms with E-state index >= 15 is 0 Å². The summed E-state index contributed by atoms with van der Waals surface area (Å²) in [5, 5.41) is 11.2. The molecular weight excluding hydrogens is 278 g/mol. The van der Waals surface area contributed by atoms with Crippen LogP contribution in [0.15, 0.2) is 30.3 Å². The molecule has 111 valence electrons. The lowest BCUT2D eigenvalue weighted by Crippen LogP contribution is -2.28. The minimum Gasteiger partial charge on any atom is -0.442 e. The zero-order valence-corrected chi connectivity index (χ0v) is 11.2. The normalized spacial score (nSPS) is 17.4. The maximum Gasteiger partial charge on any atom is 0.443 e. The fourth-order valence-electron chi connectivity index (χ4n) is 1.90. The molecule has 21 heavy (non-hydrogen) atoms. The van der Waals surface area contributed by atoms with Crippen molar-refractivity contribution in [2.75, 3.05) is 6.54 Å². The van der Waals surface area contributed by atoms with Gasteiger partial charge in [0.1, 0.15) is 6.61 Å². The number of carbonyl (C=O) groups is 3. The predicted octanol–water partition coefficient (Wildman–Crippen LogP) is 1.45. The molecule has 0 spiro atoms. The maximum absolute atomic E-state index is 11.7. The molecule has 0 aliphatic carbocycles. The Morgan fingerprint density at radius 2 is 2.00 bits per heavy atom. The lowest BCUT2D eigenvalue weighted by molar-refractivity contribution is -0.165. The molecule has 1 aliphatic rings. The molecule has 1 aromatic rings. The van der Waals surface area contributed by atoms with E-state index in [0.717, 1.165) is 10.6 Å². The minimum atomic E-state index is -1.24. The van der Waals surface area contributed by atoms with E-state index in [1.165, 1.54) is 0 Å². The number of nitrogens with zero attached hydrogens (tertiary/aromatic N) is 1. The molecular formula is C14H14NO6. The summed E-state index contributed by atoms with van der Waals surface area (Å²) in [7, 11) is 0. The standard InChI is InChI=1S/C14H14NO6/c16-12(17)7-6-11-8-15(21-13(11)18)14(19)20-9-10-4-2-1-3-5-10/h1-5,11H,6-9H2. The van der Waals surface area contributed by atoms with Crippen LogP contribution in [0, 0.1) is 5.92 Å². The molecule has 1 saturated heterocycles. The van der Waals surface area contributed by atoms with Crippen LogP contribution < -0.4 is 0 Å². The van der Waals surface area contributed by atoms with E-state index in [1.807, 2.05) is 18.2 Å². The molecule has 0 saturated carbocycles. The van der Waals surface area contributed by atoms with Gasteiger partial charge in [0.2, 0.25) is 0 Å². The molecule has 7 nitrogen and oxygen atoms in total. The summed E-state index contributed by atoms with van der Waals surface area (Å²) in [5.41, 5.74) is 0.810. The highest BCUT2D eigenvalue weighted by Gasteiger charge is 2.37. The van der Waals surface area contributed by atoms with Gasteiger partial charge in [-0.2, -0.15) is 0 Å². The van der Waals surface area contributed by atoms with E-state index < -0.39 is 23.9 Å². The van der Waals surface area contributed by atoms with Gasteiger partial charge in [0.05, 0.1) is 18.9 Å². The number of benzene rings is 1. The van der Waals surface area contributed by atoms with Crippen molar-refractivity contribution in [3.8, 4) is 0 Å². The Hall–Kier alpha value is -2.57. The van der Waals surface area contributed by atoms with Crippen molar-refractivity contribution in [3.05, 3.63) is 35.9 Å². The monoisotopic (exact) mass is 292 g/mol. The quantitative estimate of drug-likeness (QED) is 0.818. The Labute approximate surface area is 121 Å². The Morgan fingerprint density at radius 1 is 1.29 bits per heavy atom. The highest BCUT2D eigenvalue weighted by molar-refractivity contribution is 5.79. The van der Waals surface area contributed by atoms with Crippen LogP contribution in [0.2, 0.25) is 0 Å². The zero-order chi connectivity index (χ0) is 15.2. The summed E-state index contributed by atoms with van der Waals surface area (Å²) in [6.45, 7) is 0.0528. The van der Waals surface area contributed by atoms with Gasteiger partial charge >= 0.3 is 18.0 Å². The van der Waals surface area contributed by atoms with Gasteiger partial charge in [-0.15, -0.1) is 5.06 Å². The van der Waals surface area contributed by atoms with Gasteiger partial charge in [-0.05, 0) is 12.0 Å². The summed E-state index contributed by atoms with van der Waals surface area (Å²) >= 11 is 0. The van der Waals surface area contributed by atoms with Gasteiger partial charge in [-0.25, -0.2) is 19.5 Å². The molecule has 1 unspecified atom stereocenters.